The topological polar surface area (TPSA) is 103 Å². The van der Waals surface area contributed by atoms with Crippen LogP contribution in [0.1, 0.15) is 21.7 Å². The second-order valence-corrected chi connectivity index (χ2v) is 3.87. The summed E-state index contributed by atoms with van der Waals surface area (Å²) in [5.41, 5.74) is -1.97. The Hall–Kier alpha value is -2.72. The molecule has 2 aromatic heterocycles. The van der Waals surface area contributed by atoms with Crippen molar-refractivity contribution in [1.82, 2.24) is 25.2 Å². The van der Waals surface area contributed by atoms with Gasteiger partial charge >= 0.3 is 18.2 Å². The van der Waals surface area contributed by atoms with Crippen molar-refractivity contribution < 1.29 is 27.8 Å². The predicted octanol–water partition coefficient (Wildman–Crippen LogP) is 0.901. The van der Waals surface area contributed by atoms with Crippen LogP contribution in [0, 0.1) is 0 Å². The quantitative estimate of drug-likeness (QED) is 0.895. The van der Waals surface area contributed by atoms with E-state index in [4.69, 9.17) is 9.84 Å². The first-order chi connectivity index (χ1) is 9.79. The summed E-state index contributed by atoms with van der Waals surface area (Å²) in [4.78, 5) is 14.3. The average molecular weight is 303 g/mol. The Morgan fingerprint density at radius 3 is 2.67 bits per heavy atom. The molecule has 2 heterocycles. The van der Waals surface area contributed by atoms with Crippen molar-refractivity contribution in [1.29, 1.82) is 0 Å². The van der Waals surface area contributed by atoms with Gasteiger partial charge in [-0.1, -0.05) is 5.10 Å². The largest absolute Gasteiger partial charge is 0.478 e. The highest BCUT2D eigenvalue weighted by molar-refractivity contribution is 5.88. The van der Waals surface area contributed by atoms with Crippen molar-refractivity contribution in [2.45, 2.75) is 12.8 Å². The van der Waals surface area contributed by atoms with Gasteiger partial charge in [-0.3, -0.25) is 0 Å². The van der Waals surface area contributed by atoms with E-state index < -0.39 is 30.0 Å². The maximum absolute atomic E-state index is 12.6. The van der Waals surface area contributed by atoms with Crippen molar-refractivity contribution in [3.8, 4) is 6.01 Å². The lowest BCUT2D eigenvalue weighted by molar-refractivity contribution is -0.141. The van der Waals surface area contributed by atoms with Crippen molar-refractivity contribution in [2.24, 2.45) is 7.05 Å². The highest BCUT2D eigenvalue weighted by Gasteiger charge is 2.33. The lowest BCUT2D eigenvalue weighted by atomic mass is 10.1. The van der Waals surface area contributed by atoms with Gasteiger partial charge in [0, 0.05) is 7.05 Å². The molecular formula is C10H8F3N5O3. The zero-order chi connectivity index (χ0) is 15.6. The zero-order valence-electron chi connectivity index (χ0n) is 10.5. The molecule has 1 N–H and O–H groups in total. The van der Waals surface area contributed by atoms with Crippen LogP contribution in [0.2, 0.25) is 0 Å². The van der Waals surface area contributed by atoms with Crippen LogP contribution in [-0.4, -0.2) is 36.3 Å². The molecule has 0 aliphatic carbocycles. The molecule has 0 spiro atoms. The number of nitrogens with zero attached hydrogens (tertiary/aromatic N) is 5. The Bertz CT molecular complexity index is 670. The Morgan fingerprint density at radius 1 is 1.43 bits per heavy atom. The van der Waals surface area contributed by atoms with Gasteiger partial charge in [0.15, 0.2) is 0 Å². The fraction of sp³-hybridized carbons (Fsp3) is 0.300. The number of alkyl halides is 3. The standard InChI is InChI=1S/C10H8F3N5O3/c1-18-9(15-16-17-18)21-4-6-5(8(19)20)2-3-7(14-6)10(11,12)13/h2-3H,4H2,1H3,(H,19,20). The molecule has 2 rings (SSSR count). The van der Waals surface area contributed by atoms with Gasteiger partial charge in [-0.05, 0) is 22.6 Å². The number of pyridine rings is 1. The Morgan fingerprint density at radius 2 is 2.14 bits per heavy atom. The third-order valence-electron chi connectivity index (χ3n) is 2.41. The maximum atomic E-state index is 12.6. The molecule has 0 atom stereocenters. The smallest absolute Gasteiger partial charge is 0.433 e. The summed E-state index contributed by atoms with van der Waals surface area (Å²) in [6.45, 7) is -0.514. The number of tetrazole rings is 1. The maximum Gasteiger partial charge on any atom is 0.433 e. The Kier molecular flexibility index (Phi) is 3.74. The van der Waals surface area contributed by atoms with Crippen LogP contribution in [-0.2, 0) is 19.8 Å². The van der Waals surface area contributed by atoms with Crippen LogP contribution in [0.25, 0.3) is 0 Å². The molecule has 21 heavy (non-hydrogen) atoms. The number of carbonyl (C=O) groups is 1. The van der Waals surface area contributed by atoms with E-state index in [2.05, 4.69) is 20.5 Å². The van der Waals surface area contributed by atoms with E-state index in [9.17, 15) is 18.0 Å². The molecule has 2 aromatic rings. The van der Waals surface area contributed by atoms with Gasteiger partial charge in [-0.15, -0.1) is 0 Å². The fourth-order valence-electron chi connectivity index (χ4n) is 1.44. The van der Waals surface area contributed by atoms with Crippen molar-refractivity contribution in [3.63, 3.8) is 0 Å². The van der Waals surface area contributed by atoms with Crippen LogP contribution in [0.15, 0.2) is 12.1 Å². The number of aryl methyl sites for hydroxylation is 1. The van der Waals surface area contributed by atoms with Crippen LogP contribution >= 0.6 is 0 Å². The summed E-state index contributed by atoms with van der Waals surface area (Å²) in [6, 6.07) is 1.34. The summed E-state index contributed by atoms with van der Waals surface area (Å²) in [5.74, 6) is -1.41. The molecule has 0 amide bonds. The Balaban J connectivity index is 2.31. The number of carboxylic acids is 1. The molecule has 0 fully saturated rings. The lowest BCUT2D eigenvalue weighted by Crippen LogP contribution is -2.15. The first-order valence-electron chi connectivity index (χ1n) is 5.44. The van der Waals surface area contributed by atoms with E-state index in [1.165, 1.54) is 7.05 Å². The highest BCUT2D eigenvalue weighted by atomic mass is 19.4. The highest BCUT2D eigenvalue weighted by Crippen LogP contribution is 2.28. The number of hydrogen-bond donors (Lipinski definition) is 1. The number of hydrogen-bond acceptors (Lipinski definition) is 6. The number of ether oxygens (including phenoxy) is 1. The summed E-state index contributed by atoms with van der Waals surface area (Å²) in [7, 11) is 1.45. The van der Waals surface area contributed by atoms with Gasteiger partial charge in [0.1, 0.15) is 12.3 Å². The van der Waals surface area contributed by atoms with Gasteiger partial charge in [0.05, 0.1) is 11.3 Å². The molecule has 0 radical (unpaired) electrons. The second-order valence-electron chi connectivity index (χ2n) is 3.87. The summed E-state index contributed by atoms with van der Waals surface area (Å²) in [6.07, 6.45) is -4.68. The molecule has 8 nitrogen and oxygen atoms in total. The number of carboxylic acid groups (broad SMARTS) is 1. The normalized spacial score (nSPS) is 11.4. The van der Waals surface area contributed by atoms with Gasteiger partial charge < -0.3 is 9.84 Å². The van der Waals surface area contributed by atoms with Crippen LogP contribution < -0.4 is 4.74 Å². The molecule has 0 bridgehead atoms. The summed E-state index contributed by atoms with van der Waals surface area (Å²) < 4.78 is 44.0. The van der Waals surface area contributed by atoms with E-state index in [0.29, 0.717) is 6.07 Å². The van der Waals surface area contributed by atoms with Crippen LogP contribution in [0.5, 0.6) is 6.01 Å². The molecule has 0 unspecified atom stereocenters. The first-order valence-corrected chi connectivity index (χ1v) is 5.44. The SMILES string of the molecule is Cn1nnnc1OCc1nc(C(F)(F)F)ccc1C(=O)O. The molecule has 0 saturated carbocycles. The third-order valence-corrected chi connectivity index (χ3v) is 2.41. The van der Waals surface area contributed by atoms with Crippen LogP contribution in [0.3, 0.4) is 0 Å². The fourth-order valence-corrected chi connectivity index (χ4v) is 1.44. The molecule has 0 aliphatic heterocycles. The van der Waals surface area contributed by atoms with E-state index in [-0.39, 0.29) is 11.7 Å². The molecule has 0 aromatic carbocycles. The minimum Gasteiger partial charge on any atom is -0.478 e. The Labute approximate surface area is 115 Å². The van der Waals surface area contributed by atoms with Gasteiger partial charge in [-0.2, -0.15) is 17.9 Å². The van der Waals surface area contributed by atoms with Gasteiger partial charge in [-0.25, -0.2) is 9.78 Å². The minimum atomic E-state index is -4.68. The summed E-state index contributed by atoms with van der Waals surface area (Å²) in [5, 5.41) is 19.1. The van der Waals surface area contributed by atoms with Crippen LogP contribution in [0.4, 0.5) is 13.2 Å². The number of aromatic carboxylic acids is 1. The number of aromatic nitrogens is 5. The molecule has 112 valence electrons. The average Bonchev–Trinajstić information content (AvgIpc) is 2.80. The molecule has 0 aliphatic rings. The van der Waals surface area contributed by atoms with E-state index >= 15 is 0 Å². The van der Waals surface area contributed by atoms with Crippen molar-refractivity contribution >= 4 is 5.97 Å². The van der Waals surface area contributed by atoms with E-state index in [1.54, 1.807) is 0 Å². The number of halogens is 3. The monoisotopic (exact) mass is 303 g/mol. The van der Waals surface area contributed by atoms with Gasteiger partial charge in [0.25, 0.3) is 0 Å². The molecule has 0 saturated heterocycles. The first kappa shape index (κ1) is 14.7. The molecular weight excluding hydrogens is 295 g/mol. The van der Waals surface area contributed by atoms with E-state index in [1.807, 2.05) is 0 Å². The minimum absolute atomic E-state index is 0.0782. The predicted molar refractivity (Wildman–Crippen MR) is 59.3 cm³/mol. The lowest BCUT2D eigenvalue weighted by Gasteiger charge is -2.10. The summed E-state index contributed by atoms with van der Waals surface area (Å²) >= 11 is 0. The van der Waals surface area contributed by atoms with Crippen molar-refractivity contribution in [2.75, 3.05) is 0 Å². The third kappa shape index (κ3) is 3.24. The number of rotatable bonds is 4. The molecule has 11 heteroatoms. The van der Waals surface area contributed by atoms with Crippen molar-refractivity contribution in [3.05, 3.63) is 29.1 Å². The zero-order valence-corrected chi connectivity index (χ0v) is 10.5. The van der Waals surface area contributed by atoms with Gasteiger partial charge in [0.2, 0.25) is 0 Å². The second kappa shape index (κ2) is 5.34. The van der Waals surface area contributed by atoms with E-state index in [0.717, 1.165) is 10.7 Å².